The van der Waals surface area contributed by atoms with Gasteiger partial charge in [0.25, 0.3) is 5.91 Å². The predicted molar refractivity (Wildman–Crippen MR) is 73.6 cm³/mol. The van der Waals surface area contributed by atoms with Crippen molar-refractivity contribution in [3.8, 4) is 5.75 Å². The van der Waals surface area contributed by atoms with E-state index in [2.05, 4.69) is 21.2 Å². The number of ether oxygens (including phenoxy) is 1. The van der Waals surface area contributed by atoms with Crippen LogP contribution in [0.15, 0.2) is 16.6 Å². The Labute approximate surface area is 115 Å². The number of amides is 1. The van der Waals surface area contributed by atoms with Crippen LogP contribution >= 0.6 is 15.9 Å². The van der Waals surface area contributed by atoms with Crippen molar-refractivity contribution in [1.29, 1.82) is 0 Å². The third-order valence-electron chi connectivity index (χ3n) is 2.28. The highest BCUT2D eigenvalue weighted by Gasteiger charge is 2.11. The van der Waals surface area contributed by atoms with Crippen molar-refractivity contribution in [2.45, 2.75) is 33.4 Å². The van der Waals surface area contributed by atoms with Gasteiger partial charge in [0, 0.05) is 16.1 Å². The van der Waals surface area contributed by atoms with E-state index >= 15 is 0 Å². The van der Waals surface area contributed by atoms with Crippen LogP contribution in [0.5, 0.6) is 5.75 Å². The Kier molecular flexibility index (Phi) is 5.62. The summed E-state index contributed by atoms with van der Waals surface area (Å²) in [4.78, 5) is 11.5. The molecule has 2 N–H and O–H groups in total. The monoisotopic (exact) mass is 315 g/mol. The molecule has 4 nitrogen and oxygen atoms in total. The van der Waals surface area contributed by atoms with Crippen LogP contribution < -0.4 is 10.1 Å². The van der Waals surface area contributed by atoms with E-state index in [9.17, 15) is 9.90 Å². The van der Waals surface area contributed by atoms with E-state index in [1.165, 1.54) is 0 Å². The summed E-state index contributed by atoms with van der Waals surface area (Å²) in [7, 11) is 0. The molecule has 0 bridgehead atoms. The SMILES string of the molecule is Cc1cc(Br)cc(CO)c1OCC(=O)NC(C)C. The minimum Gasteiger partial charge on any atom is -0.483 e. The van der Waals surface area contributed by atoms with Crippen molar-refractivity contribution in [1.82, 2.24) is 5.32 Å². The van der Waals surface area contributed by atoms with Gasteiger partial charge in [-0.25, -0.2) is 0 Å². The molecule has 1 aromatic carbocycles. The lowest BCUT2D eigenvalue weighted by Gasteiger charge is -2.14. The summed E-state index contributed by atoms with van der Waals surface area (Å²) in [5.41, 5.74) is 1.55. The first-order valence-electron chi connectivity index (χ1n) is 5.76. The van der Waals surface area contributed by atoms with E-state index in [0.717, 1.165) is 10.0 Å². The van der Waals surface area contributed by atoms with Crippen LogP contribution in [0.1, 0.15) is 25.0 Å². The number of rotatable bonds is 5. The number of hydrogen-bond donors (Lipinski definition) is 2. The molecule has 0 spiro atoms. The summed E-state index contributed by atoms with van der Waals surface area (Å²) in [6.45, 7) is 5.48. The second-order valence-electron chi connectivity index (χ2n) is 4.38. The molecule has 0 saturated carbocycles. The Bertz CT molecular complexity index is 432. The largest absolute Gasteiger partial charge is 0.483 e. The van der Waals surface area contributed by atoms with E-state index in [-0.39, 0.29) is 25.2 Å². The van der Waals surface area contributed by atoms with Gasteiger partial charge in [-0.05, 0) is 38.5 Å². The Hall–Kier alpha value is -1.07. The van der Waals surface area contributed by atoms with Gasteiger partial charge in [-0.2, -0.15) is 0 Å². The molecule has 100 valence electrons. The maximum Gasteiger partial charge on any atom is 0.258 e. The zero-order valence-corrected chi connectivity index (χ0v) is 12.4. The molecule has 1 amide bonds. The van der Waals surface area contributed by atoms with Crippen LogP contribution in [-0.4, -0.2) is 23.7 Å². The molecule has 18 heavy (non-hydrogen) atoms. The summed E-state index contributed by atoms with van der Waals surface area (Å²) in [5, 5.41) is 12.0. The van der Waals surface area contributed by atoms with Crippen LogP contribution in [0.3, 0.4) is 0 Å². The molecule has 0 atom stereocenters. The number of aliphatic hydroxyl groups is 1. The molecule has 5 heteroatoms. The standard InChI is InChI=1S/C13H18BrNO3/c1-8(2)15-12(17)7-18-13-9(3)4-11(14)5-10(13)6-16/h4-5,8,16H,6-7H2,1-3H3,(H,15,17). The highest BCUT2D eigenvalue weighted by atomic mass is 79.9. The molecule has 0 unspecified atom stereocenters. The summed E-state index contributed by atoms with van der Waals surface area (Å²) < 4.78 is 6.36. The first-order valence-corrected chi connectivity index (χ1v) is 6.55. The van der Waals surface area contributed by atoms with Gasteiger partial charge < -0.3 is 15.2 Å². The number of aliphatic hydroxyl groups excluding tert-OH is 1. The average molecular weight is 316 g/mol. The quantitative estimate of drug-likeness (QED) is 0.875. The summed E-state index contributed by atoms with van der Waals surface area (Å²) in [6.07, 6.45) is 0. The van der Waals surface area contributed by atoms with Crippen molar-refractivity contribution in [2.24, 2.45) is 0 Å². The van der Waals surface area contributed by atoms with Crippen molar-refractivity contribution in [2.75, 3.05) is 6.61 Å². The second kappa shape index (κ2) is 6.75. The molecule has 0 aromatic heterocycles. The van der Waals surface area contributed by atoms with E-state index in [1.54, 1.807) is 6.07 Å². The first-order chi connectivity index (χ1) is 8.43. The van der Waals surface area contributed by atoms with E-state index in [1.807, 2.05) is 26.8 Å². The van der Waals surface area contributed by atoms with Crippen molar-refractivity contribution in [3.05, 3.63) is 27.7 Å². The third-order valence-corrected chi connectivity index (χ3v) is 2.74. The average Bonchev–Trinajstić information content (AvgIpc) is 2.25. The van der Waals surface area contributed by atoms with Gasteiger partial charge in [-0.3, -0.25) is 4.79 Å². The molecule has 1 rings (SSSR count). The van der Waals surface area contributed by atoms with E-state index < -0.39 is 0 Å². The molecular weight excluding hydrogens is 298 g/mol. The van der Waals surface area contributed by atoms with Gasteiger partial charge in [0.2, 0.25) is 0 Å². The summed E-state index contributed by atoms with van der Waals surface area (Å²) in [6, 6.07) is 3.75. The normalized spacial score (nSPS) is 10.6. The zero-order valence-electron chi connectivity index (χ0n) is 10.8. The van der Waals surface area contributed by atoms with E-state index in [0.29, 0.717) is 11.3 Å². The predicted octanol–water partition coefficient (Wildman–Crippen LogP) is 2.15. The van der Waals surface area contributed by atoms with Gasteiger partial charge >= 0.3 is 0 Å². The lowest BCUT2D eigenvalue weighted by atomic mass is 10.1. The van der Waals surface area contributed by atoms with Crippen LogP contribution in [0, 0.1) is 6.92 Å². The topological polar surface area (TPSA) is 58.6 Å². The maximum atomic E-state index is 11.5. The highest BCUT2D eigenvalue weighted by molar-refractivity contribution is 9.10. The minimum absolute atomic E-state index is 0.0480. The molecule has 0 aliphatic carbocycles. The van der Waals surface area contributed by atoms with Gasteiger partial charge in [0.1, 0.15) is 5.75 Å². The molecule has 0 fully saturated rings. The molecular formula is C13H18BrNO3. The van der Waals surface area contributed by atoms with Gasteiger partial charge in [0.05, 0.1) is 6.61 Å². The summed E-state index contributed by atoms with van der Waals surface area (Å²) >= 11 is 3.35. The number of hydrogen-bond acceptors (Lipinski definition) is 3. The molecule has 0 aliphatic rings. The first kappa shape index (κ1) is 15.0. The number of halogens is 1. The number of aryl methyl sites for hydroxylation is 1. The van der Waals surface area contributed by atoms with Crippen molar-refractivity contribution in [3.63, 3.8) is 0 Å². The second-order valence-corrected chi connectivity index (χ2v) is 5.30. The minimum atomic E-state index is -0.170. The molecule has 0 heterocycles. The zero-order chi connectivity index (χ0) is 13.7. The Balaban J connectivity index is 2.75. The van der Waals surface area contributed by atoms with Crippen LogP contribution in [0.4, 0.5) is 0 Å². The number of benzene rings is 1. The van der Waals surface area contributed by atoms with Crippen molar-refractivity contribution < 1.29 is 14.6 Å². The lowest BCUT2D eigenvalue weighted by molar-refractivity contribution is -0.123. The molecule has 0 saturated heterocycles. The van der Waals surface area contributed by atoms with Gasteiger partial charge in [-0.15, -0.1) is 0 Å². The van der Waals surface area contributed by atoms with Crippen LogP contribution in [0.25, 0.3) is 0 Å². The highest BCUT2D eigenvalue weighted by Crippen LogP contribution is 2.28. The number of carbonyl (C=O) groups is 1. The number of nitrogens with one attached hydrogen (secondary N) is 1. The fourth-order valence-electron chi connectivity index (χ4n) is 1.62. The van der Waals surface area contributed by atoms with Crippen molar-refractivity contribution >= 4 is 21.8 Å². The van der Waals surface area contributed by atoms with Crippen LogP contribution in [-0.2, 0) is 11.4 Å². The lowest BCUT2D eigenvalue weighted by Crippen LogP contribution is -2.34. The fraction of sp³-hybridized carbons (Fsp3) is 0.462. The molecule has 1 aromatic rings. The maximum absolute atomic E-state index is 11.5. The van der Waals surface area contributed by atoms with Crippen LogP contribution in [0.2, 0.25) is 0 Å². The summed E-state index contributed by atoms with van der Waals surface area (Å²) in [5.74, 6) is 0.399. The van der Waals surface area contributed by atoms with E-state index in [4.69, 9.17) is 4.74 Å². The molecule has 0 aliphatic heterocycles. The van der Waals surface area contributed by atoms with Gasteiger partial charge in [-0.1, -0.05) is 15.9 Å². The Morgan fingerprint density at radius 1 is 1.50 bits per heavy atom. The Morgan fingerprint density at radius 3 is 2.72 bits per heavy atom. The number of carbonyl (C=O) groups excluding carboxylic acids is 1. The Morgan fingerprint density at radius 2 is 2.17 bits per heavy atom. The fourth-order valence-corrected chi connectivity index (χ4v) is 2.24. The molecule has 0 radical (unpaired) electrons. The van der Waals surface area contributed by atoms with Gasteiger partial charge in [0.15, 0.2) is 6.61 Å². The third kappa shape index (κ3) is 4.31. The smallest absolute Gasteiger partial charge is 0.258 e.